The van der Waals surface area contributed by atoms with E-state index in [9.17, 15) is 14.4 Å². The van der Waals surface area contributed by atoms with Gasteiger partial charge in [-0.25, -0.2) is 0 Å². The molecule has 444 valence electrons. The third kappa shape index (κ3) is 63.7. The number of ether oxygens (including phenoxy) is 3. The minimum absolute atomic E-state index is 0.104. The summed E-state index contributed by atoms with van der Waals surface area (Å²) in [6.07, 6.45) is 95.3. The van der Waals surface area contributed by atoms with Gasteiger partial charge in [0.25, 0.3) is 0 Å². The highest BCUT2D eigenvalue weighted by Gasteiger charge is 2.19. The fourth-order valence-electron chi connectivity index (χ4n) is 8.27. The van der Waals surface area contributed by atoms with Gasteiger partial charge in [-0.2, -0.15) is 0 Å². The third-order valence-electron chi connectivity index (χ3n) is 13.0. The molecule has 0 bridgehead atoms. The Balaban J connectivity index is 4.38. The molecule has 0 aliphatic rings. The topological polar surface area (TPSA) is 78.9 Å². The van der Waals surface area contributed by atoms with Gasteiger partial charge in [-0.05, 0) is 141 Å². The zero-order valence-corrected chi connectivity index (χ0v) is 50.8. The van der Waals surface area contributed by atoms with E-state index in [0.29, 0.717) is 19.3 Å². The molecular weight excluding hydrogens is 973 g/mol. The first-order valence-corrected chi connectivity index (χ1v) is 32.0. The number of carbonyl (C=O) groups excluding carboxylic acids is 3. The molecule has 0 N–H and O–H groups in total. The van der Waals surface area contributed by atoms with Crippen molar-refractivity contribution in [2.24, 2.45) is 0 Å². The summed E-state index contributed by atoms with van der Waals surface area (Å²) in [4.78, 5) is 38.3. The van der Waals surface area contributed by atoms with E-state index in [2.05, 4.69) is 179 Å². The van der Waals surface area contributed by atoms with Crippen LogP contribution in [-0.4, -0.2) is 37.2 Å². The number of carbonyl (C=O) groups is 3. The minimum Gasteiger partial charge on any atom is -0.462 e. The maximum Gasteiger partial charge on any atom is 0.306 e. The second kappa shape index (κ2) is 65.5. The SMILES string of the molecule is CC/C=C\C/C=C\C/C=C\C/C=C\C/C=C\C/C=C\CCCCCCCCCCCCC(=O)OCC(COC(=O)CCCCCCC/C=C\C/C=C\CCC)OC(=O)CCCCC/C=C\C/C=C\C/C=C\C/C=C\C/C=C\CC. The van der Waals surface area contributed by atoms with Crippen LogP contribution in [0.5, 0.6) is 0 Å². The van der Waals surface area contributed by atoms with Crippen molar-refractivity contribution < 1.29 is 28.6 Å². The average molecular weight is 1090 g/mol. The van der Waals surface area contributed by atoms with Crippen molar-refractivity contribution >= 4 is 17.9 Å². The van der Waals surface area contributed by atoms with Gasteiger partial charge >= 0.3 is 17.9 Å². The smallest absolute Gasteiger partial charge is 0.306 e. The van der Waals surface area contributed by atoms with Gasteiger partial charge in [-0.15, -0.1) is 0 Å². The maximum absolute atomic E-state index is 12.9. The van der Waals surface area contributed by atoms with Gasteiger partial charge < -0.3 is 14.2 Å². The van der Waals surface area contributed by atoms with Gasteiger partial charge in [0.05, 0.1) is 0 Å². The monoisotopic (exact) mass is 1090 g/mol. The Bertz CT molecular complexity index is 1780. The molecular formula is C73H116O6. The van der Waals surface area contributed by atoms with Crippen molar-refractivity contribution in [2.75, 3.05) is 13.2 Å². The normalized spacial score (nSPS) is 13.2. The maximum atomic E-state index is 12.9. The lowest BCUT2D eigenvalue weighted by Gasteiger charge is -2.18. The standard InChI is InChI=1S/C73H116O6/c1-4-7-10-13-16-19-22-25-27-29-31-32-33-34-35-36-37-38-39-40-42-43-45-48-51-54-57-60-63-66-72(75)78-69-70(68-77-71(74)65-62-59-56-53-50-47-24-21-18-15-12-9-6-3)79-73(76)67-64-61-58-55-52-49-46-44-41-30-28-26-23-20-17-14-11-8-5-2/h7-8,10-12,15-17,19-21,24-28,31-32,34-35,37-38,41,44,49,52,70H,4-6,9,13-14,18,22-23,29-30,33,36,39-40,42-43,45-48,50-51,53-69H2,1-3H3/b10-7-,11-8-,15-12-,19-16-,20-17-,24-21-,27-25-,28-26-,32-31-,35-34-,38-37-,44-41-,52-49-. The lowest BCUT2D eigenvalue weighted by atomic mass is 10.1. The Kier molecular flexibility index (Phi) is 61.4. The Labute approximate surface area is 486 Å². The van der Waals surface area contributed by atoms with Crippen molar-refractivity contribution in [3.05, 3.63) is 158 Å². The van der Waals surface area contributed by atoms with Crippen molar-refractivity contribution in [1.82, 2.24) is 0 Å². The molecule has 79 heavy (non-hydrogen) atoms. The molecule has 6 heteroatoms. The Hall–Kier alpha value is -4.97. The fraction of sp³-hybridized carbons (Fsp3) is 0.603. The molecule has 0 spiro atoms. The van der Waals surface area contributed by atoms with E-state index in [0.717, 1.165) is 167 Å². The predicted octanol–water partition coefficient (Wildman–Crippen LogP) is 22.1. The van der Waals surface area contributed by atoms with Gasteiger partial charge in [-0.3, -0.25) is 14.4 Å². The van der Waals surface area contributed by atoms with Crippen LogP contribution in [-0.2, 0) is 28.6 Å². The second-order valence-electron chi connectivity index (χ2n) is 20.5. The van der Waals surface area contributed by atoms with E-state index in [1.807, 2.05) is 0 Å². The van der Waals surface area contributed by atoms with Crippen molar-refractivity contribution in [3.8, 4) is 0 Å². The van der Waals surface area contributed by atoms with Crippen LogP contribution in [0.3, 0.4) is 0 Å². The Morgan fingerprint density at radius 2 is 0.494 bits per heavy atom. The predicted molar refractivity (Wildman–Crippen MR) is 343 cm³/mol. The van der Waals surface area contributed by atoms with Crippen LogP contribution in [0.25, 0.3) is 0 Å². The molecule has 1 atom stereocenters. The van der Waals surface area contributed by atoms with Gasteiger partial charge in [-0.1, -0.05) is 262 Å². The van der Waals surface area contributed by atoms with Crippen LogP contribution in [0.4, 0.5) is 0 Å². The first kappa shape index (κ1) is 74.0. The largest absolute Gasteiger partial charge is 0.462 e. The molecule has 0 aromatic rings. The quantitative estimate of drug-likeness (QED) is 0.0261. The van der Waals surface area contributed by atoms with E-state index in [-0.39, 0.29) is 37.5 Å². The Morgan fingerprint density at radius 3 is 0.785 bits per heavy atom. The number of hydrogen-bond donors (Lipinski definition) is 0. The number of allylic oxidation sites excluding steroid dienone is 26. The molecule has 0 saturated carbocycles. The highest BCUT2D eigenvalue weighted by Crippen LogP contribution is 2.15. The van der Waals surface area contributed by atoms with Crippen molar-refractivity contribution in [3.63, 3.8) is 0 Å². The average Bonchev–Trinajstić information content (AvgIpc) is 3.45. The molecule has 0 heterocycles. The van der Waals surface area contributed by atoms with Crippen molar-refractivity contribution in [1.29, 1.82) is 0 Å². The molecule has 1 unspecified atom stereocenters. The van der Waals surface area contributed by atoms with Crippen molar-refractivity contribution in [2.45, 2.75) is 271 Å². The van der Waals surface area contributed by atoms with Gasteiger partial charge in [0.2, 0.25) is 0 Å². The van der Waals surface area contributed by atoms with Gasteiger partial charge in [0, 0.05) is 19.3 Å². The minimum atomic E-state index is -0.812. The highest BCUT2D eigenvalue weighted by atomic mass is 16.6. The molecule has 0 radical (unpaired) electrons. The first-order valence-electron chi connectivity index (χ1n) is 32.0. The molecule has 0 aromatic carbocycles. The summed E-state index contributed by atoms with van der Waals surface area (Å²) in [5.74, 6) is -0.959. The van der Waals surface area contributed by atoms with E-state index in [4.69, 9.17) is 14.2 Å². The molecule has 0 aliphatic carbocycles. The van der Waals surface area contributed by atoms with Crippen LogP contribution in [0.2, 0.25) is 0 Å². The lowest BCUT2D eigenvalue weighted by Crippen LogP contribution is -2.30. The molecule has 0 saturated heterocycles. The number of unbranched alkanes of at least 4 members (excludes halogenated alkanes) is 19. The summed E-state index contributed by atoms with van der Waals surface area (Å²) in [5, 5.41) is 0. The zero-order valence-electron chi connectivity index (χ0n) is 50.8. The molecule has 0 amide bonds. The number of hydrogen-bond acceptors (Lipinski definition) is 6. The lowest BCUT2D eigenvalue weighted by molar-refractivity contribution is -0.167. The highest BCUT2D eigenvalue weighted by molar-refractivity contribution is 5.71. The van der Waals surface area contributed by atoms with Gasteiger partial charge in [0.15, 0.2) is 6.10 Å². The van der Waals surface area contributed by atoms with Crippen LogP contribution in [0.1, 0.15) is 265 Å². The van der Waals surface area contributed by atoms with Crippen LogP contribution >= 0.6 is 0 Å². The van der Waals surface area contributed by atoms with Crippen LogP contribution < -0.4 is 0 Å². The number of esters is 3. The summed E-state index contributed by atoms with van der Waals surface area (Å²) in [5.41, 5.74) is 0. The van der Waals surface area contributed by atoms with Crippen LogP contribution in [0, 0.1) is 0 Å². The first-order chi connectivity index (χ1) is 39.0. The molecule has 0 aromatic heterocycles. The van der Waals surface area contributed by atoms with Gasteiger partial charge in [0.1, 0.15) is 13.2 Å². The Morgan fingerprint density at radius 1 is 0.266 bits per heavy atom. The summed E-state index contributed by atoms with van der Waals surface area (Å²) in [7, 11) is 0. The fourth-order valence-corrected chi connectivity index (χ4v) is 8.27. The number of rotatable bonds is 56. The van der Waals surface area contributed by atoms with Crippen LogP contribution in [0.15, 0.2) is 158 Å². The zero-order chi connectivity index (χ0) is 57.1. The van der Waals surface area contributed by atoms with E-state index in [1.54, 1.807) is 0 Å². The summed E-state index contributed by atoms with van der Waals surface area (Å²) in [6.45, 7) is 6.30. The summed E-state index contributed by atoms with van der Waals surface area (Å²) in [6, 6.07) is 0. The van der Waals surface area contributed by atoms with E-state index in [1.165, 1.54) is 51.4 Å². The molecule has 0 fully saturated rings. The molecule has 0 rings (SSSR count). The third-order valence-corrected chi connectivity index (χ3v) is 13.0. The van der Waals surface area contributed by atoms with E-state index < -0.39 is 6.10 Å². The summed E-state index contributed by atoms with van der Waals surface area (Å²) >= 11 is 0. The molecule has 0 aliphatic heterocycles. The second-order valence-corrected chi connectivity index (χ2v) is 20.5. The van der Waals surface area contributed by atoms with E-state index >= 15 is 0 Å². The molecule has 6 nitrogen and oxygen atoms in total. The summed E-state index contributed by atoms with van der Waals surface area (Å²) < 4.78 is 16.9.